The Labute approximate surface area is 265 Å². The Balaban J connectivity index is 1.04. The molecule has 4 aromatic carbocycles. The topological polar surface area (TPSA) is 84.0 Å². The molecule has 3 aliphatic carbocycles. The molecule has 4 aromatic rings. The summed E-state index contributed by atoms with van der Waals surface area (Å²) in [6.45, 7) is 3.88. The highest BCUT2D eigenvalue weighted by molar-refractivity contribution is 6.31. The number of hydrogen-bond acceptors (Lipinski definition) is 5. The smallest absolute Gasteiger partial charge is 0.316 e. The summed E-state index contributed by atoms with van der Waals surface area (Å²) < 4.78 is 5.72. The van der Waals surface area contributed by atoms with Crippen molar-refractivity contribution in [3.05, 3.63) is 123 Å². The molecule has 7 nitrogen and oxygen atoms in total. The highest BCUT2D eigenvalue weighted by Crippen LogP contribution is 2.61. The van der Waals surface area contributed by atoms with E-state index in [0.717, 1.165) is 27.8 Å². The van der Waals surface area contributed by atoms with E-state index in [1.54, 1.807) is 36.1 Å². The summed E-state index contributed by atoms with van der Waals surface area (Å²) in [4.78, 5) is 57.1. The van der Waals surface area contributed by atoms with Crippen molar-refractivity contribution in [1.29, 1.82) is 0 Å². The monoisotopic (exact) mass is 616 g/mol. The van der Waals surface area contributed by atoms with E-state index in [9.17, 15) is 19.2 Å². The van der Waals surface area contributed by atoms with Gasteiger partial charge >= 0.3 is 5.97 Å². The molecular formula is C37H29ClN2O5. The van der Waals surface area contributed by atoms with Crippen LogP contribution >= 0.6 is 11.6 Å². The number of benzene rings is 4. The number of halogens is 1. The van der Waals surface area contributed by atoms with Crippen molar-refractivity contribution >= 4 is 46.7 Å². The van der Waals surface area contributed by atoms with E-state index >= 15 is 0 Å². The summed E-state index contributed by atoms with van der Waals surface area (Å²) in [5, 5.41) is 0.554. The molecule has 3 atom stereocenters. The maximum atomic E-state index is 14.1. The second kappa shape index (κ2) is 10.1. The first-order valence-electron chi connectivity index (χ1n) is 15.2. The van der Waals surface area contributed by atoms with Gasteiger partial charge in [0.05, 0.1) is 23.4 Å². The molecule has 224 valence electrons. The molecule has 45 heavy (non-hydrogen) atoms. The molecule has 9 rings (SSSR count). The first-order valence-corrected chi connectivity index (χ1v) is 15.5. The highest BCUT2D eigenvalue weighted by atomic mass is 35.5. The van der Waals surface area contributed by atoms with Gasteiger partial charge in [-0.1, -0.05) is 66.2 Å². The van der Waals surface area contributed by atoms with Crippen LogP contribution in [-0.2, 0) is 19.2 Å². The van der Waals surface area contributed by atoms with Crippen LogP contribution in [0.15, 0.2) is 84.9 Å². The first-order chi connectivity index (χ1) is 21.7. The van der Waals surface area contributed by atoms with Gasteiger partial charge in [0, 0.05) is 35.5 Å². The third-order valence-corrected chi connectivity index (χ3v) is 10.4. The van der Waals surface area contributed by atoms with Crippen LogP contribution in [0.5, 0.6) is 5.75 Å². The lowest BCUT2D eigenvalue weighted by Crippen LogP contribution is -2.41. The Hall–Kier alpha value is -4.75. The van der Waals surface area contributed by atoms with Crippen molar-refractivity contribution in [2.24, 2.45) is 17.8 Å². The summed E-state index contributed by atoms with van der Waals surface area (Å²) in [6, 6.07) is 26.7. The molecule has 0 N–H and O–H groups in total. The van der Waals surface area contributed by atoms with E-state index in [1.807, 2.05) is 43.3 Å². The van der Waals surface area contributed by atoms with Gasteiger partial charge in [-0.2, -0.15) is 0 Å². The minimum atomic E-state index is -0.638. The van der Waals surface area contributed by atoms with E-state index in [0.29, 0.717) is 27.7 Å². The van der Waals surface area contributed by atoms with Crippen molar-refractivity contribution in [2.45, 2.75) is 32.1 Å². The number of nitrogens with zero attached hydrogens (tertiary/aromatic N) is 2. The van der Waals surface area contributed by atoms with Gasteiger partial charge in [0.15, 0.2) is 0 Å². The predicted molar refractivity (Wildman–Crippen MR) is 170 cm³/mol. The van der Waals surface area contributed by atoms with Crippen molar-refractivity contribution in [1.82, 2.24) is 0 Å². The SMILES string of the molecule is Cc1ccc(N2C[C@H](C(=O)Oc3ccc(N4C(=O)[C@H]5C6c7ccccc7C(c7ccccc76)[C@@H]5C4=O)c(C)c3)CC2=O)cc1Cl. The molecule has 2 heterocycles. The van der Waals surface area contributed by atoms with Crippen molar-refractivity contribution in [3.63, 3.8) is 0 Å². The van der Waals surface area contributed by atoms with E-state index < -0.39 is 23.7 Å². The molecule has 0 saturated carbocycles. The zero-order valence-electron chi connectivity index (χ0n) is 24.7. The van der Waals surface area contributed by atoms with Crippen molar-refractivity contribution in [3.8, 4) is 5.75 Å². The molecule has 5 aliphatic rings. The Morgan fingerprint density at radius 2 is 1.33 bits per heavy atom. The van der Waals surface area contributed by atoms with E-state index in [4.69, 9.17) is 16.3 Å². The first kappa shape index (κ1) is 27.8. The largest absolute Gasteiger partial charge is 0.426 e. The molecule has 0 spiro atoms. The Morgan fingerprint density at radius 1 is 0.756 bits per heavy atom. The van der Waals surface area contributed by atoms with Crippen LogP contribution in [0, 0.1) is 31.6 Å². The van der Waals surface area contributed by atoms with Gasteiger partial charge in [0.1, 0.15) is 5.75 Å². The Kier molecular flexibility index (Phi) is 6.26. The Bertz CT molecular complexity index is 1850. The molecule has 2 aliphatic heterocycles. The Morgan fingerprint density at radius 3 is 1.87 bits per heavy atom. The number of amides is 3. The molecule has 0 radical (unpaired) electrons. The maximum Gasteiger partial charge on any atom is 0.316 e. The number of ether oxygens (including phenoxy) is 1. The van der Waals surface area contributed by atoms with Gasteiger partial charge in [0.25, 0.3) is 0 Å². The number of anilines is 2. The number of esters is 1. The number of rotatable bonds is 4. The van der Waals surface area contributed by atoms with Gasteiger partial charge in [-0.05, 0) is 77.6 Å². The molecule has 3 amide bonds. The molecule has 8 heteroatoms. The van der Waals surface area contributed by atoms with E-state index in [-0.39, 0.29) is 42.5 Å². The number of carbonyl (C=O) groups excluding carboxylic acids is 4. The standard InChI is InChI=1S/C37H29ClN2O5/c1-19-11-12-22(17-28(19)38)39-18-21(16-30(39)41)37(44)45-23-13-14-29(20(2)15-23)40-35(42)33-31-24-7-3-4-8-25(24)32(34(33)36(40)43)27-10-6-5-9-26(27)31/h3-15,17,21,31-34H,16,18H2,1-2H3/t21-,31?,32?,33+,34+/m1/s1. The average molecular weight is 617 g/mol. The van der Waals surface area contributed by atoms with Crippen LogP contribution in [-0.4, -0.2) is 30.2 Å². The molecule has 2 saturated heterocycles. The molecular weight excluding hydrogens is 588 g/mol. The van der Waals surface area contributed by atoms with Crippen LogP contribution in [0.3, 0.4) is 0 Å². The third kappa shape index (κ3) is 4.10. The molecule has 0 unspecified atom stereocenters. The average Bonchev–Trinajstić information content (AvgIpc) is 3.56. The summed E-state index contributed by atoms with van der Waals surface area (Å²) in [6.07, 6.45) is 0.0358. The fraction of sp³-hybridized carbons (Fsp3) is 0.243. The van der Waals surface area contributed by atoms with Crippen LogP contribution in [0.4, 0.5) is 11.4 Å². The quantitative estimate of drug-likeness (QED) is 0.152. The fourth-order valence-electron chi connectivity index (χ4n) is 7.92. The van der Waals surface area contributed by atoms with Crippen LogP contribution in [0.25, 0.3) is 0 Å². The number of aryl methyl sites for hydroxylation is 2. The minimum absolute atomic E-state index is 0.0358. The van der Waals surface area contributed by atoms with Gasteiger partial charge in [-0.25, -0.2) is 4.90 Å². The molecule has 2 bridgehead atoms. The lowest BCUT2D eigenvalue weighted by Gasteiger charge is -2.45. The maximum absolute atomic E-state index is 14.1. The summed E-state index contributed by atoms with van der Waals surface area (Å²) in [5.41, 5.74) is 7.17. The lowest BCUT2D eigenvalue weighted by atomic mass is 9.55. The second-order valence-electron chi connectivity index (χ2n) is 12.5. The van der Waals surface area contributed by atoms with Crippen LogP contribution < -0.4 is 14.5 Å². The van der Waals surface area contributed by atoms with Crippen molar-refractivity contribution < 1.29 is 23.9 Å². The van der Waals surface area contributed by atoms with Crippen molar-refractivity contribution in [2.75, 3.05) is 16.3 Å². The number of carbonyl (C=O) groups is 4. The summed E-state index contributed by atoms with van der Waals surface area (Å²) >= 11 is 6.26. The van der Waals surface area contributed by atoms with E-state index in [2.05, 4.69) is 24.3 Å². The number of hydrogen-bond donors (Lipinski definition) is 0. The van der Waals surface area contributed by atoms with Crippen LogP contribution in [0.1, 0.15) is 51.6 Å². The summed E-state index contributed by atoms with van der Waals surface area (Å²) in [5.74, 6) is -2.74. The predicted octanol–water partition coefficient (Wildman–Crippen LogP) is 6.31. The minimum Gasteiger partial charge on any atom is -0.426 e. The fourth-order valence-corrected chi connectivity index (χ4v) is 8.10. The second-order valence-corrected chi connectivity index (χ2v) is 12.9. The van der Waals surface area contributed by atoms with Gasteiger partial charge in [0.2, 0.25) is 17.7 Å². The highest BCUT2D eigenvalue weighted by Gasteiger charge is 2.61. The molecule has 2 fully saturated rings. The van der Waals surface area contributed by atoms with Crippen LogP contribution in [0.2, 0.25) is 5.02 Å². The van der Waals surface area contributed by atoms with Gasteiger partial charge in [-0.3, -0.25) is 19.2 Å². The van der Waals surface area contributed by atoms with E-state index in [1.165, 1.54) is 4.90 Å². The molecule has 0 aromatic heterocycles. The van der Waals surface area contributed by atoms with Gasteiger partial charge < -0.3 is 9.64 Å². The summed E-state index contributed by atoms with van der Waals surface area (Å²) in [7, 11) is 0. The lowest BCUT2D eigenvalue weighted by molar-refractivity contribution is -0.139. The zero-order valence-corrected chi connectivity index (χ0v) is 25.5. The number of imide groups is 1. The zero-order chi connectivity index (χ0) is 31.1. The third-order valence-electron chi connectivity index (χ3n) is 10.0. The van der Waals surface area contributed by atoms with Gasteiger partial charge in [-0.15, -0.1) is 0 Å². The normalized spacial score (nSPS) is 24.5.